The first-order valence-electron chi connectivity index (χ1n) is 5.13. The smallest absolute Gasteiger partial charge is 0.233 e. The molecule has 1 aliphatic heterocycles. The number of halogens is 1. The number of alkyl halides is 1. The number of nitrogens with zero attached hydrogens (tertiary/aromatic N) is 1. The maximum absolute atomic E-state index is 11.5. The Morgan fingerprint density at radius 1 is 1.64 bits per heavy atom. The first-order chi connectivity index (χ1) is 6.50. The number of piperidine rings is 1. The molecule has 1 N–H and O–H groups in total. The molecular formula is C10H19BrN2O. The summed E-state index contributed by atoms with van der Waals surface area (Å²) in [7, 11) is 2.13. The van der Waals surface area contributed by atoms with E-state index in [1.165, 1.54) is 0 Å². The van der Waals surface area contributed by atoms with Crippen LogP contribution in [-0.2, 0) is 4.79 Å². The van der Waals surface area contributed by atoms with Gasteiger partial charge in [0, 0.05) is 12.6 Å². The third-order valence-corrected chi connectivity index (χ3v) is 3.21. The van der Waals surface area contributed by atoms with E-state index >= 15 is 0 Å². The lowest BCUT2D eigenvalue weighted by molar-refractivity contribution is -0.121. The van der Waals surface area contributed by atoms with E-state index in [9.17, 15) is 4.79 Å². The van der Waals surface area contributed by atoms with Crippen LogP contribution >= 0.6 is 15.9 Å². The molecule has 1 saturated heterocycles. The number of carbonyl (C=O) groups is 1. The first-order valence-corrected chi connectivity index (χ1v) is 6.05. The van der Waals surface area contributed by atoms with Gasteiger partial charge < -0.3 is 10.2 Å². The third kappa shape index (κ3) is 3.24. The molecule has 3 atom stereocenters. The predicted molar refractivity (Wildman–Crippen MR) is 61.6 cm³/mol. The minimum absolute atomic E-state index is 0.0886. The molecule has 0 aromatic heterocycles. The number of likely N-dealkylation sites (tertiary alicyclic amines) is 1. The van der Waals surface area contributed by atoms with Crippen molar-refractivity contribution in [2.24, 2.45) is 5.92 Å². The summed E-state index contributed by atoms with van der Waals surface area (Å²) >= 11 is 3.28. The lowest BCUT2D eigenvalue weighted by Crippen LogP contribution is -2.50. The Labute approximate surface area is 94.4 Å². The standard InChI is InChI=1S/C10H19BrN2O/c1-7-6-13(3)5-4-9(7)12-10(14)8(2)11/h7-9H,4-6H2,1-3H3,(H,12,14). The molecule has 3 nitrogen and oxygen atoms in total. The second-order valence-electron chi connectivity index (χ2n) is 4.26. The van der Waals surface area contributed by atoms with Crippen molar-refractivity contribution in [2.45, 2.75) is 31.1 Å². The SMILES string of the molecule is CC(Br)C(=O)NC1CCN(C)CC1C. The molecule has 1 fully saturated rings. The summed E-state index contributed by atoms with van der Waals surface area (Å²) < 4.78 is 0. The molecule has 0 aromatic carbocycles. The predicted octanol–water partition coefficient (Wildman–Crippen LogP) is 1.23. The van der Waals surface area contributed by atoms with Gasteiger partial charge in [-0.1, -0.05) is 22.9 Å². The van der Waals surface area contributed by atoms with E-state index in [2.05, 4.69) is 40.1 Å². The summed E-state index contributed by atoms with van der Waals surface area (Å²) in [5, 5.41) is 3.08. The van der Waals surface area contributed by atoms with Gasteiger partial charge in [0.15, 0.2) is 0 Å². The molecule has 1 amide bonds. The minimum atomic E-state index is -0.0886. The van der Waals surface area contributed by atoms with Gasteiger partial charge in [0.2, 0.25) is 5.91 Å². The van der Waals surface area contributed by atoms with Crippen molar-refractivity contribution >= 4 is 21.8 Å². The van der Waals surface area contributed by atoms with E-state index in [-0.39, 0.29) is 10.7 Å². The van der Waals surface area contributed by atoms with Crippen LogP contribution in [0.15, 0.2) is 0 Å². The topological polar surface area (TPSA) is 32.3 Å². The molecule has 1 heterocycles. The highest BCUT2D eigenvalue weighted by Crippen LogP contribution is 2.15. The number of hydrogen-bond donors (Lipinski definition) is 1. The van der Waals surface area contributed by atoms with Crippen molar-refractivity contribution in [3.63, 3.8) is 0 Å². The van der Waals surface area contributed by atoms with Crippen LogP contribution in [0.5, 0.6) is 0 Å². The highest BCUT2D eigenvalue weighted by atomic mass is 79.9. The Morgan fingerprint density at radius 2 is 2.29 bits per heavy atom. The molecule has 3 unspecified atom stereocenters. The van der Waals surface area contributed by atoms with E-state index in [0.717, 1.165) is 19.5 Å². The second kappa shape index (κ2) is 5.12. The average Bonchev–Trinajstić information content (AvgIpc) is 2.09. The van der Waals surface area contributed by atoms with Crippen molar-refractivity contribution in [3.8, 4) is 0 Å². The Kier molecular flexibility index (Phi) is 4.38. The molecule has 1 aliphatic rings. The van der Waals surface area contributed by atoms with Crippen molar-refractivity contribution < 1.29 is 4.79 Å². The summed E-state index contributed by atoms with van der Waals surface area (Å²) in [5.41, 5.74) is 0. The number of hydrogen-bond acceptors (Lipinski definition) is 2. The van der Waals surface area contributed by atoms with Gasteiger partial charge in [-0.2, -0.15) is 0 Å². The molecule has 0 radical (unpaired) electrons. The Balaban J connectivity index is 2.41. The Morgan fingerprint density at radius 3 is 2.79 bits per heavy atom. The van der Waals surface area contributed by atoms with Gasteiger partial charge in [-0.15, -0.1) is 0 Å². The number of amides is 1. The lowest BCUT2D eigenvalue weighted by Gasteiger charge is -2.35. The largest absolute Gasteiger partial charge is 0.352 e. The first kappa shape index (κ1) is 12.0. The van der Waals surface area contributed by atoms with Crippen LogP contribution < -0.4 is 5.32 Å². The molecule has 0 spiro atoms. The van der Waals surface area contributed by atoms with Crippen molar-refractivity contribution in [3.05, 3.63) is 0 Å². The van der Waals surface area contributed by atoms with Gasteiger partial charge >= 0.3 is 0 Å². The fourth-order valence-corrected chi connectivity index (χ4v) is 2.00. The zero-order chi connectivity index (χ0) is 10.7. The Hall–Kier alpha value is -0.0900. The third-order valence-electron chi connectivity index (χ3n) is 2.80. The summed E-state index contributed by atoms with van der Waals surface area (Å²) in [5.74, 6) is 0.648. The Bertz CT molecular complexity index is 208. The molecular weight excluding hydrogens is 244 g/mol. The molecule has 14 heavy (non-hydrogen) atoms. The normalized spacial score (nSPS) is 31.1. The highest BCUT2D eigenvalue weighted by molar-refractivity contribution is 9.10. The number of nitrogens with one attached hydrogen (secondary N) is 1. The van der Waals surface area contributed by atoms with E-state index in [4.69, 9.17) is 0 Å². The van der Waals surface area contributed by atoms with Gasteiger partial charge in [-0.05, 0) is 32.9 Å². The maximum atomic E-state index is 11.5. The summed E-state index contributed by atoms with van der Waals surface area (Å²) in [6.45, 7) is 6.20. The minimum Gasteiger partial charge on any atom is -0.352 e. The number of carbonyl (C=O) groups excluding carboxylic acids is 1. The quantitative estimate of drug-likeness (QED) is 0.760. The zero-order valence-electron chi connectivity index (χ0n) is 9.09. The van der Waals surface area contributed by atoms with Gasteiger partial charge in [0.05, 0.1) is 4.83 Å². The molecule has 0 aromatic rings. The molecule has 0 saturated carbocycles. The van der Waals surface area contributed by atoms with Crippen LogP contribution in [0.3, 0.4) is 0 Å². The van der Waals surface area contributed by atoms with Crippen LogP contribution in [0.4, 0.5) is 0 Å². The van der Waals surface area contributed by atoms with Crippen LogP contribution in [0.2, 0.25) is 0 Å². The van der Waals surface area contributed by atoms with Gasteiger partial charge in [0.1, 0.15) is 0 Å². The van der Waals surface area contributed by atoms with Gasteiger partial charge in [0.25, 0.3) is 0 Å². The highest BCUT2D eigenvalue weighted by Gasteiger charge is 2.26. The van der Waals surface area contributed by atoms with E-state index in [1.54, 1.807) is 0 Å². The van der Waals surface area contributed by atoms with E-state index < -0.39 is 0 Å². The molecule has 4 heteroatoms. The average molecular weight is 263 g/mol. The van der Waals surface area contributed by atoms with Crippen LogP contribution in [0.1, 0.15) is 20.3 Å². The summed E-state index contributed by atoms with van der Waals surface area (Å²) in [4.78, 5) is 13.7. The van der Waals surface area contributed by atoms with Gasteiger partial charge in [-0.25, -0.2) is 0 Å². The van der Waals surface area contributed by atoms with Crippen molar-refractivity contribution in [1.29, 1.82) is 0 Å². The lowest BCUT2D eigenvalue weighted by atomic mass is 9.94. The number of rotatable bonds is 2. The van der Waals surface area contributed by atoms with E-state index in [1.807, 2.05) is 6.92 Å². The maximum Gasteiger partial charge on any atom is 0.233 e. The fourth-order valence-electron chi connectivity index (χ4n) is 1.87. The van der Waals surface area contributed by atoms with Crippen molar-refractivity contribution in [2.75, 3.05) is 20.1 Å². The van der Waals surface area contributed by atoms with Crippen LogP contribution in [0.25, 0.3) is 0 Å². The summed E-state index contributed by atoms with van der Waals surface area (Å²) in [6, 6.07) is 0.346. The molecule has 0 bridgehead atoms. The fraction of sp³-hybridized carbons (Fsp3) is 0.900. The van der Waals surface area contributed by atoms with Crippen LogP contribution in [0, 0.1) is 5.92 Å². The summed E-state index contributed by atoms with van der Waals surface area (Å²) in [6.07, 6.45) is 1.06. The molecule has 82 valence electrons. The molecule has 0 aliphatic carbocycles. The second-order valence-corrected chi connectivity index (χ2v) is 5.63. The zero-order valence-corrected chi connectivity index (χ0v) is 10.7. The van der Waals surface area contributed by atoms with Crippen molar-refractivity contribution in [1.82, 2.24) is 10.2 Å². The van der Waals surface area contributed by atoms with Crippen LogP contribution in [-0.4, -0.2) is 41.8 Å². The van der Waals surface area contributed by atoms with Gasteiger partial charge in [-0.3, -0.25) is 4.79 Å². The monoisotopic (exact) mass is 262 g/mol. The molecule has 1 rings (SSSR count). The van der Waals surface area contributed by atoms with E-state index in [0.29, 0.717) is 12.0 Å².